The van der Waals surface area contributed by atoms with E-state index in [2.05, 4.69) is 17.1 Å². The van der Waals surface area contributed by atoms with Gasteiger partial charge in [-0.15, -0.1) is 0 Å². The average Bonchev–Trinajstić information content (AvgIpc) is 2.26. The van der Waals surface area contributed by atoms with Gasteiger partial charge in [-0.2, -0.15) is 0 Å². The van der Waals surface area contributed by atoms with Crippen LogP contribution in [0, 0.1) is 5.82 Å². The number of benzene rings is 1. The maximum absolute atomic E-state index is 13.1. The molecule has 0 aromatic heterocycles. The molecule has 17 heavy (non-hydrogen) atoms. The Balaban J connectivity index is 2.80. The summed E-state index contributed by atoms with van der Waals surface area (Å²) in [5, 5.41) is 3.23. The number of anilines is 1. The van der Waals surface area contributed by atoms with Crippen LogP contribution in [-0.2, 0) is 0 Å². The number of nitrogens with two attached hydrogens (primary N) is 1. The zero-order chi connectivity index (χ0) is 13.0. The highest BCUT2D eigenvalue weighted by molar-refractivity contribution is 7.80. The van der Waals surface area contributed by atoms with E-state index in [9.17, 15) is 4.39 Å². The molecule has 1 rings (SSSR count). The summed E-state index contributed by atoms with van der Waals surface area (Å²) < 4.78 is 13.1. The van der Waals surface area contributed by atoms with Crippen molar-refractivity contribution in [2.45, 2.75) is 13.0 Å². The second kappa shape index (κ2) is 5.93. The summed E-state index contributed by atoms with van der Waals surface area (Å²) >= 11 is 4.90. The van der Waals surface area contributed by atoms with E-state index in [-0.39, 0.29) is 10.8 Å². The first kappa shape index (κ1) is 13.9. The van der Waals surface area contributed by atoms with Crippen LogP contribution >= 0.6 is 12.2 Å². The first-order chi connectivity index (χ1) is 7.91. The number of nitrogens with zero attached hydrogens (tertiary/aromatic N) is 1. The molecule has 3 N–H and O–H groups in total. The van der Waals surface area contributed by atoms with Crippen LogP contribution < -0.4 is 11.1 Å². The van der Waals surface area contributed by atoms with Gasteiger partial charge in [0.25, 0.3) is 0 Å². The molecule has 0 amide bonds. The molecule has 0 bridgehead atoms. The van der Waals surface area contributed by atoms with Crippen molar-refractivity contribution in [3.05, 3.63) is 29.6 Å². The van der Waals surface area contributed by atoms with Gasteiger partial charge in [-0.25, -0.2) is 4.39 Å². The summed E-state index contributed by atoms with van der Waals surface area (Å²) in [5.41, 5.74) is 6.88. The van der Waals surface area contributed by atoms with Crippen LogP contribution in [0.2, 0.25) is 0 Å². The van der Waals surface area contributed by atoms with Crippen LogP contribution in [0.25, 0.3) is 0 Å². The highest BCUT2D eigenvalue weighted by Gasteiger charge is 2.09. The van der Waals surface area contributed by atoms with Crippen LogP contribution in [-0.4, -0.2) is 36.6 Å². The molecule has 3 nitrogen and oxygen atoms in total. The molecule has 0 heterocycles. The van der Waals surface area contributed by atoms with Crippen molar-refractivity contribution < 1.29 is 4.39 Å². The lowest BCUT2D eigenvalue weighted by molar-refractivity contribution is 0.326. The number of likely N-dealkylation sites (N-methyl/N-ethyl adjacent to an activating group) is 1. The van der Waals surface area contributed by atoms with Gasteiger partial charge < -0.3 is 16.0 Å². The van der Waals surface area contributed by atoms with E-state index in [4.69, 9.17) is 18.0 Å². The van der Waals surface area contributed by atoms with Crippen LogP contribution in [0.15, 0.2) is 18.2 Å². The highest BCUT2D eigenvalue weighted by Crippen LogP contribution is 2.17. The Morgan fingerprint density at radius 2 is 2.18 bits per heavy atom. The highest BCUT2D eigenvalue weighted by atomic mass is 32.1. The second-order valence-electron chi connectivity index (χ2n) is 4.25. The molecule has 0 saturated heterocycles. The van der Waals surface area contributed by atoms with Crippen LogP contribution in [0.1, 0.15) is 12.5 Å². The Labute approximate surface area is 107 Å². The van der Waals surface area contributed by atoms with Gasteiger partial charge in [0.15, 0.2) is 0 Å². The monoisotopic (exact) mass is 255 g/mol. The van der Waals surface area contributed by atoms with E-state index in [0.29, 0.717) is 11.6 Å². The summed E-state index contributed by atoms with van der Waals surface area (Å²) in [6.45, 7) is 2.84. The number of nitrogens with one attached hydrogen (secondary N) is 1. The van der Waals surface area contributed by atoms with Gasteiger partial charge in [-0.3, -0.25) is 0 Å². The Morgan fingerprint density at radius 3 is 2.71 bits per heavy atom. The van der Waals surface area contributed by atoms with E-state index in [0.717, 1.165) is 12.2 Å². The standard InChI is InChI=1S/C12H18FN3S/c1-8(16(2)3)7-15-11-5-4-9(13)6-10(11)12(14)17/h4-6,8,15H,7H2,1-3H3,(H2,14,17). The van der Waals surface area contributed by atoms with Crippen molar-refractivity contribution in [1.29, 1.82) is 0 Å². The number of thiocarbonyl (C=S) groups is 1. The van der Waals surface area contributed by atoms with E-state index in [1.165, 1.54) is 12.1 Å². The fraction of sp³-hybridized carbons (Fsp3) is 0.417. The second-order valence-corrected chi connectivity index (χ2v) is 4.69. The zero-order valence-electron chi connectivity index (χ0n) is 10.3. The van der Waals surface area contributed by atoms with E-state index < -0.39 is 0 Å². The predicted molar refractivity (Wildman–Crippen MR) is 73.9 cm³/mol. The molecule has 0 aliphatic heterocycles. The Bertz CT molecular complexity index is 407. The Hall–Kier alpha value is -1.20. The van der Waals surface area contributed by atoms with Gasteiger partial charge in [-0.1, -0.05) is 12.2 Å². The summed E-state index contributed by atoms with van der Waals surface area (Å²) in [6, 6.07) is 4.76. The van der Waals surface area contributed by atoms with E-state index >= 15 is 0 Å². The largest absolute Gasteiger partial charge is 0.389 e. The molecular weight excluding hydrogens is 237 g/mol. The molecular formula is C12H18FN3S. The van der Waals surface area contributed by atoms with Crippen molar-refractivity contribution in [3.8, 4) is 0 Å². The molecule has 0 spiro atoms. The molecule has 5 heteroatoms. The van der Waals surface area contributed by atoms with Gasteiger partial charge >= 0.3 is 0 Å². The van der Waals surface area contributed by atoms with Gasteiger partial charge in [0.1, 0.15) is 10.8 Å². The number of halogens is 1. The molecule has 0 fully saturated rings. The third kappa shape index (κ3) is 3.94. The maximum atomic E-state index is 13.1. The predicted octanol–water partition coefficient (Wildman–Crippen LogP) is 1.82. The fourth-order valence-electron chi connectivity index (χ4n) is 1.31. The van der Waals surface area contributed by atoms with Gasteiger partial charge in [0.2, 0.25) is 0 Å². The van der Waals surface area contributed by atoms with Crippen molar-refractivity contribution in [1.82, 2.24) is 4.90 Å². The number of hydrogen-bond donors (Lipinski definition) is 2. The minimum Gasteiger partial charge on any atom is -0.389 e. The van der Waals surface area contributed by atoms with Crippen molar-refractivity contribution in [3.63, 3.8) is 0 Å². The SMILES string of the molecule is CC(CNc1ccc(F)cc1C(N)=S)N(C)C. The first-order valence-electron chi connectivity index (χ1n) is 5.41. The summed E-state index contributed by atoms with van der Waals surface area (Å²) in [7, 11) is 4.01. The molecule has 1 atom stereocenters. The zero-order valence-corrected chi connectivity index (χ0v) is 11.1. The maximum Gasteiger partial charge on any atom is 0.124 e. The van der Waals surface area contributed by atoms with E-state index in [1.54, 1.807) is 6.07 Å². The Kier molecular flexibility index (Phi) is 4.84. The summed E-state index contributed by atoms with van der Waals surface area (Å²) in [5.74, 6) is -0.334. The smallest absolute Gasteiger partial charge is 0.124 e. The molecule has 0 aliphatic carbocycles. The molecule has 1 aromatic carbocycles. The molecule has 0 aliphatic rings. The van der Waals surface area contributed by atoms with Crippen molar-refractivity contribution in [2.75, 3.05) is 26.0 Å². The number of rotatable bonds is 5. The molecule has 0 saturated carbocycles. The molecule has 1 aromatic rings. The van der Waals surface area contributed by atoms with Gasteiger partial charge in [0.05, 0.1) is 0 Å². The van der Waals surface area contributed by atoms with Crippen LogP contribution in [0.3, 0.4) is 0 Å². The quantitative estimate of drug-likeness (QED) is 0.788. The minimum atomic E-state index is -0.334. The lowest BCUT2D eigenvalue weighted by Gasteiger charge is -2.21. The molecule has 0 radical (unpaired) electrons. The fourth-order valence-corrected chi connectivity index (χ4v) is 1.48. The van der Waals surface area contributed by atoms with Gasteiger partial charge in [-0.05, 0) is 39.2 Å². The normalized spacial score (nSPS) is 12.5. The molecule has 1 unspecified atom stereocenters. The first-order valence-corrected chi connectivity index (χ1v) is 5.82. The summed E-state index contributed by atoms with van der Waals surface area (Å²) in [6.07, 6.45) is 0. The minimum absolute atomic E-state index is 0.199. The Morgan fingerprint density at radius 1 is 1.53 bits per heavy atom. The van der Waals surface area contributed by atoms with Crippen LogP contribution in [0.5, 0.6) is 0 Å². The lowest BCUT2D eigenvalue weighted by atomic mass is 10.1. The molecule has 94 valence electrons. The van der Waals surface area contributed by atoms with Crippen LogP contribution in [0.4, 0.5) is 10.1 Å². The van der Waals surface area contributed by atoms with Gasteiger partial charge in [0, 0.05) is 23.8 Å². The number of hydrogen-bond acceptors (Lipinski definition) is 3. The topological polar surface area (TPSA) is 41.3 Å². The van der Waals surface area contributed by atoms with Crippen molar-refractivity contribution in [2.24, 2.45) is 5.73 Å². The lowest BCUT2D eigenvalue weighted by Crippen LogP contribution is -2.32. The van der Waals surface area contributed by atoms with Crippen molar-refractivity contribution >= 4 is 22.9 Å². The third-order valence-corrected chi connectivity index (χ3v) is 2.94. The third-order valence-electron chi connectivity index (χ3n) is 2.72. The summed E-state index contributed by atoms with van der Waals surface area (Å²) in [4.78, 5) is 2.29. The van der Waals surface area contributed by atoms with E-state index in [1.807, 2.05) is 14.1 Å². The average molecular weight is 255 g/mol.